The highest BCUT2D eigenvalue weighted by Gasteiger charge is 1.94. The van der Waals surface area contributed by atoms with Gasteiger partial charge in [0.05, 0.1) is 0 Å². The number of aromatic amines is 1. The predicted octanol–water partition coefficient (Wildman–Crippen LogP) is 0.291. The van der Waals surface area contributed by atoms with Gasteiger partial charge in [-0.15, -0.1) is 0 Å². The zero-order valence-corrected chi connectivity index (χ0v) is 6.62. The van der Waals surface area contributed by atoms with Gasteiger partial charge >= 0.3 is 5.69 Å². The SMILES string of the molecule is O=CCCCc1cc[nH]c(=O)n1. The average Bonchev–Trinajstić information content (AvgIpc) is 2.05. The molecular weight excluding hydrogens is 156 g/mol. The van der Waals surface area contributed by atoms with E-state index in [0.717, 1.165) is 18.4 Å². The third-order valence-electron chi connectivity index (χ3n) is 1.48. The maximum absolute atomic E-state index is 10.7. The Kier molecular flexibility index (Phi) is 3.19. The highest BCUT2D eigenvalue weighted by Crippen LogP contribution is 1.96. The van der Waals surface area contributed by atoms with Gasteiger partial charge in [-0.1, -0.05) is 0 Å². The van der Waals surface area contributed by atoms with E-state index in [1.54, 1.807) is 12.3 Å². The van der Waals surface area contributed by atoms with Gasteiger partial charge in [0.2, 0.25) is 0 Å². The number of unbranched alkanes of at least 4 members (excludes halogenated alkanes) is 1. The Morgan fingerprint density at radius 3 is 3.08 bits per heavy atom. The van der Waals surface area contributed by atoms with E-state index in [4.69, 9.17) is 0 Å². The molecule has 0 atom stereocenters. The smallest absolute Gasteiger partial charge is 0.313 e. The normalized spacial score (nSPS) is 9.67. The standard InChI is InChI=1S/C8H10N2O2/c11-6-2-1-3-7-4-5-9-8(12)10-7/h4-6H,1-3H2,(H,9,10,12). The molecule has 0 aromatic carbocycles. The van der Waals surface area contributed by atoms with Crippen molar-refractivity contribution in [2.24, 2.45) is 0 Å². The van der Waals surface area contributed by atoms with Crippen molar-refractivity contribution in [2.75, 3.05) is 0 Å². The van der Waals surface area contributed by atoms with E-state index in [0.29, 0.717) is 12.8 Å². The first-order valence-corrected chi connectivity index (χ1v) is 3.81. The van der Waals surface area contributed by atoms with Crippen molar-refractivity contribution < 1.29 is 4.79 Å². The summed E-state index contributed by atoms with van der Waals surface area (Å²) >= 11 is 0. The fraction of sp³-hybridized carbons (Fsp3) is 0.375. The zero-order chi connectivity index (χ0) is 8.81. The number of hydrogen-bond donors (Lipinski definition) is 1. The molecule has 0 bridgehead atoms. The lowest BCUT2D eigenvalue weighted by Crippen LogP contribution is -2.11. The Bertz CT molecular complexity index is 306. The Morgan fingerprint density at radius 2 is 2.42 bits per heavy atom. The van der Waals surface area contributed by atoms with Crippen molar-refractivity contribution in [3.63, 3.8) is 0 Å². The molecule has 0 fully saturated rings. The number of rotatable bonds is 4. The number of carbonyl (C=O) groups excluding carboxylic acids is 1. The van der Waals surface area contributed by atoms with Gasteiger partial charge in [-0.25, -0.2) is 4.79 Å². The molecular formula is C8H10N2O2. The molecule has 0 amide bonds. The molecule has 0 aliphatic heterocycles. The summed E-state index contributed by atoms with van der Waals surface area (Å²) in [6.45, 7) is 0. The summed E-state index contributed by atoms with van der Waals surface area (Å²) in [6.07, 6.45) is 4.38. The van der Waals surface area contributed by atoms with Crippen LogP contribution in [0.1, 0.15) is 18.5 Å². The summed E-state index contributed by atoms with van der Waals surface area (Å²) in [6, 6.07) is 1.74. The molecule has 0 radical (unpaired) electrons. The van der Waals surface area contributed by atoms with Crippen molar-refractivity contribution in [3.05, 3.63) is 28.4 Å². The summed E-state index contributed by atoms with van der Waals surface area (Å²) in [4.78, 5) is 26.8. The first-order chi connectivity index (χ1) is 5.83. The second-order valence-electron chi connectivity index (χ2n) is 2.44. The van der Waals surface area contributed by atoms with Crippen LogP contribution in [0.15, 0.2) is 17.1 Å². The van der Waals surface area contributed by atoms with Crippen LogP contribution in [0.2, 0.25) is 0 Å². The van der Waals surface area contributed by atoms with Crippen LogP contribution in [-0.4, -0.2) is 16.3 Å². The molecule has 0 unspecified atom stereocenters. The largest absolute Gasteiger partial charge is 0.345 e. The lowest BCUT2D eigenvalue weighted by atomic mass is 10.2. The number of aromatic nitrogens is 2. The number of nitrogens with zero attached hydrogens (tertiary/aromatic N) is 1. The second kappa shape index (κ2) is 4.43. The Balaban J connectivity index is 2.52. The van der Waals surface area contributed by atoms with Crippen molar-refractivity contribution >= 4 is 6.29 Å². The third-order valence-corrected chi connectivity index (χ3v) is 1.48. The van der Waals surface area contributed by atoms with Crippen LogP contribution >= 0.6 is 0 Å². The van der Waals surface area contributed by atoms with Crippen molar-refractivity contribution in [1.29, 1.82) is 0 Å². The minimum absolute atomic E-state index is 0.335. The average molecular weight is 166 g/mol. The summed E-state index contributed by atoms with van der Waals surface area (Å²) < 4.78 is 0. The molecule has 64 valence electrons. The first kappa shape index (κ1) is 8.64. The Hall–Kier alpha value is -1.45. The maximum atomic E-state index is 10.7. The van der Waals surface area contributed by atoms with Gasteiger partial charge in [0, 0.05) is 18.3 Å². The molecule has 1 N–H and O–H groups in total. The van der Waals surface area contributed by atoms with Crippen LogP contribution in [0.3, 0.4) is 0 Å². The minimum atomic E-state index is -0.335. The molecule has 0 spiro atoms. The molecule has 1 aromatic heterocycles. The molecule has 0 saturated heterocycles. The van der Waals surface area contributed by atoms with Crippen LogP contribution in [0.4, 0.5) is 0 Å². The van der Waals surface area contributed by atoms with E-state index in [1.807, 2.05) is 0 Å². The number of nitrogens with one attached hydrogen (secondary N) is 1. The maximum Gasteiger partial charge on any atom is 0.345 e. The van der Waals surface area contributed by atoms with Crippen LogP contribution in [-0.2, 0) is 11.2 Å². The van der Waals surface area contributed by atoms with Crippen LogP contribution in [0.25, 0.3) is 0 Å². The first-order valence-electron chi connectivity index (χ1n) is 3.81. The topological polar surface area (TPSA) is 62.8 Å². The molecule has 0 aliphatic carbocycles. The van der Waals surface area contributed by atoms with Gasteiger partial charge in [0.1, 0.15) is 6.29 Å². The minimum Gasteiger partial charge on any atom is -0.313 e. The van der Waals surface area contributed by atoms with Crippen molar-refractivity contribution in [1.82, 2.24) is 9.97 Å². The van der Waals surface area contributed by atoms with E-state index in [9.17, 15) is 9.59 Å². The van der Waals surface area contributed by atoms with Crippen molar-refractivity contribution in [3.8, 4) is 0 Å². The fourth-order valence-electron chi connectivity index (χ4n) is 0.915. The predicted molar refractivity (Wildman–Crippen MR) is 43.9 cm³/mol. The van der Waals surface area contributed by atoms with E-state index in [-0.39, 0.29) is 5.69 Å². The highest BCUT2D eigenvalue weighted by atomic mass is 16.1. The summed E-state index contributed by atoms with van der Waals surface area (Å²) in [7, 11) is 0. The van der Waals surface area contributed by atoms with Gasteiger partial charge in [-0.2, -0.15) is 4.98 Å². The van der Waals surface area contributed by atoms with Gasteiger partial charge in [-0.05, 0) is 18.9 Å². The number of hydrogen-bond acceptors (Lipinski definition) is 3. The molecule has 0 aliphatic rings. The molecule has 1 heterocycles. The molecule has 1 rings (SSSR count). The van der Waals surface area contributed by atoms with Crippen LogP contribution < -0.4 is 5.69 Å². The quantitative estimate of drug-likeness (QED) is 0.516. The highest BCUT2D eigenvalue weighted by molar-refractivity contribution is 5.49. The molecule has 0 saturated carbocycles. The van der Waals surface area contributed by atoms with E-state index < -0.39 is 0 Å². The molecule has 4 heteroatoms. The molecule has 1 aromatic rings. The Labute approximate surface area is 69.7 Å². The fourth-order valence-corrected chi connectivity index (χ4v) is 0.915. The number of aryl methyl sites for hydroxylation is 1. The number of carbonyl (C=O) groups is 1. The summed E-state index contributed by atoms with van der Waals surface area (Å²) in [5, 5.41) is 0. The summed E-state index contributed by atoms with van der Waals surface area (Å²) in [5.41, 5.74) is 0.402. The summed E-state index contributed by atoms with van der Waals surface area (Å²) in [5.74, 6) is 0. The number of aldehydes is 1. The Morgan fingerprint density at radius 1 is 1.58 bits per heavy atom. The number of H-pyrrole nitrogens is 1. The van der Waals surface area contributed by atoms with E-state index in [2.05, 4.69) is 9.97 Å². The van der Waals surface area contributed by atoms with Gasteiger partial charge < -0.3 is 9.78 Å². The third kappa shape index (κ3) is 2.65. The molecule has 12 heavy (non-hydrogen) atoms. The van der Waals surface area contributed by atoms with Crippen LogP contribution in [0, 0.1) is 0 Å². The monoisotopic (exact) mass is 166 g/mol. The van der Waals surface area contributed by atoms with E-state index in [1.165, 1.54) is 0 Å². The lowest BCUT2D eigenvalue weighted by Gasteiger charge is -1.94. The zero-order valence-electron chi connectivity index (χ0n) is 6.62. The lowest BCUT2D eigenvalue weighted by molar-refractivity contribution is -0.107. The van der Waals surface area contributed by atoms with Gasteiger partial charge in [-0.3, -0.25) is 0 Å². The van der Waals surface area contributed by atoms with Gasteiger partial charge in [0.25, 0.3) is 0 Å². The van der Waals surface area contributed by atoms with Crippen molar-refractivity contribution in [2.45, 2.75) is 19.3 Å². The molecule has 4 nitrogen and oxygen atoms in total. The van der Waals surface area contributed by atoms with Crippen LogP contribution in [0.5, 0.6) is 0 Å². The second-order valence-corrected chi connectivity index (χ2v) is 2.44. The van der Waals surface area contributed by atoms with E-state index >= 15 is 0 Å². The van der Waals surface area contributed by atoms with Gasteiger partial charge in [0.15, 0.2) is 0 Å².